The van der Waals surface area contributed by atoms with Crippen LogP contribution < -0.4 is 4.74 Å². The molecule has 0 unspecified atom stereocenters. The second kappa shape index (κ2) is 5.96. The normalized spacial score (nSPS) is 10.5. The monoisotopic (exact) mass is 308 g/mol. The molecule has 1 aromatic heterocycles. The summed E-state index contributed by atoms with van der Waals surface area (Å²) in [5, 5.41) is 14.1. The number of benzene rings is 2. The van der Waals surface area contributed by atoms with Crippen LogP contribution in [0.4, 0.5) is 0 Å². The molecule has 0 atom stereocenters. The standard InChI is InChI=1S/C18H16N2O3/c1-12-16(18(21)22)17(13-8-4-3-5-9-13)20(19-12)14-10-6-7-11-15(14)23-2/h3-11H,1-2H3,(H,21,22). The van der Waals surface area contributed by atoms with Crippen molar-refractivity contribution in [1.82, 2.24) is 9.78 Å². The molecule has 0 fully saturated rings. The highest BCUT2D eigenvalue weighted by atomic mass is 16.5. The molecule has 0 spiro atoms. The smallest absolute Gasteiger partial charge is 0.339 e. The maximum Gasteiger partial charge on any atom is 0.339 e. The lowest BCUT2D eigenvalue weighted by atomic mass is 10.1. The molecule has 0 aliphatic heterocycles. The summed E-state index contributed by atoms with van der Waals surface area (Å²) in [5.74, 6) is -0.369. The third kappa shape index (κ3) is 2.57. The van der Waals surface area contributed by atoms with E-state index in [4.69, 9.17) is 4.74 Å². The van der Waals surface area contributed by atoms with Crippen LogP contribution in [0.2, 0.25) is 0 Å². The van der Waals surface area contributed by atoms with Gasteiger partial charge in [-0.3, -0.25) is 0 Å². The average Bonchev–Trinajstić information content (AvgIpc) is 2.93. The summed E-state index contributed by atoms with van der Waals surface area (Å²) in [6.07, 6.45) is 0. The average molecular weight is 308 g/mol. The topological polar surface area (TPSA) is 64.4 Å². The van der Waals surface area contributed by atoms with Crippen LogP contribution in [0.15, 0.2) is 54.6 Å². The molecule has 0 bridgehead atoms. The number of rotatable bonds is 4. The Balaban J connectivity index is 2.34. The molecule has 2 aromatic carbocycles. The Morgan fingerprint density at radius 2 is 1.74 bits per heavy atom. The zero-order chi connectivity index (χ0) is 16.4. The van der Waals surface area contributed by atoms with Gasteiger partial charge in [0.25, 0.3) is 0 Å². The SMILES string of the molecule is COc1ccccc1-n1nc(C)c(C(=O)O)c1-c1ccccc1. The molecular weight excluding hydrogens is 292 g/mol. The molecule has 0 aliphatic carbocycles. The van der Waals surface area contributed by atoms with E-state index in [-0.39, 0.29) is 5.56 Å². The molecule has 1 heterocycles. The largest absolute Gasteiger partial charge is 0.494 e. The van der Waals surface area contributed by atoms with Crippen LogP contribution in [0.3, 0.4) is 0 Å². The fourth-order valence-corrected chi connectivity index (χ4v) is 2.63. The van der Waals surface area contributed by atoms with Gasteiger partial charge in [0.05, 0.1) is 18.5 Å². The third-order valence-electron chi connectivity index (χ3n) is 3.63. The van der Waals surface area contributed by atoms with Gasteiger partial charge in [-0.1, -0.05) is 42.5 Å². The van der Waals surface area contributed by atoms with Crippen LogP contribution in [-0.2, 0) is 0 Å². The number of aromatic nitrogens is 2. The highest BCUT2D eigenvalue weighted by Crippen LogP contribution is 2.32. The van der Waals surface area contributed by atoms with Gasteiger partial charge in [-0.25, -0.2) is 9.48 Å². The lowest BCUT2D eigenvalue weighted by molar-refractivity contribution is 0.0697. The Hall–Kier alpha value is -3.08. The third-order valence-corrected chi connectivity index (χ3v) is 3.63. The number of nitrogens with zero attached hydrogens (tertiary/aromatic N) is 2. The first-order chi connectivity index (χ1) is 11.1. The Kier molecular flexibility index (Phi) is 3.85. The Bertz CT molecular complexity index is 854. The van der Waals surface area contributed by atoms with E-state index in [2.05, 4.69) is 5.10 Å². The summed E-state index contributed by atoms with van der Waals surface area (Å²) in [4.78, 5) is 11.7. The predicted molar refractivity (Wildman–Crippen MR) is 87.2 cm³/mol. The van der Waals surface area contributed by atoms with Crippen LogP contribution >= 0.6 is 0 Å². The van der Waals surface area contributed by atoms with Crippen LogP contribution in [0.5, 0.6) is 5.75 Å². The molecule has 23 heavy (non-hydrogen) atoms. The summed E-state index contributed by atoms with van der Waals surface area (Å²) in [6, 6.07) is 16.8. The number of carbonyl (C=O) groups is 1. The molecular formula is C18H16N2O3. The first-order valence-electron chi connectivity index (χ1n) is 7.15. The first-order valence-corrected chi connectivity index (χ1v) is 7.15. The Morgan fingerprint density at radius 1 is 1.09 bits per heavy atom. The van der Waals surface area contributed by atoms with Crippen molar-refractivity contribution in [3.05, 3.63) is 65.9 Å². The van der Waals surface area contributed by atoms with Crippen LogP contribution in [0.1, 0.15) is 16.1 Å². The number of methoxy groups -OCH3 is 1. The molecule has 1 N–H and O–H groups in total. The summed E-state index contributed by atoms with van der Waals surface area (Å²) >= 11 is 0. The highest BCUT2D eigenvalue weighted by molar-refractivity contribution is 5.96. The molecule has 5 nitrogen and oxygen atoms in total. The number of carboxylic acid groups (broad SMARTS) is 1. The summed E-state index contributed by atoms with van der Waals surface area (Å²) < 4.78 is 7.02. The van der Waals surface area contributed by atoms with Crippen molar-refractivity contribution in [2.45, 2.75) is 6.92 Å². The summed E-state index contributed by atoms with van der Waals surface area (Å²) in [6.45, 7) is 1.70. The van der Waals surface area contributed by atoms with Gasteiger partial charge in [0.15, 0.2) is 0 Å². The number of hydrogen-bond donors (Lipinski definition) is 1. The van der Waals surface area contributed by atoms with Gasteiger partial charge in [-0.2, -0.15) is 5.10 Å². The summed E-state index contributed by atoms with van der Waals surface area (Å²) in [5.41, 5.74) is 2.69. The lowest BCUT2D eigenvalue weighted by Crippen LogP contribution is -2.04. The molecule has 0 amide bonds. The number of aryl methyl sites for hydroxylation is 1. The van der Waals surface area contributed by atoms with Gasteiger partial charge in [-0.15, -0.1) is 0 Å². The van der Waals surface area contributed by atoms with E-state index in [1.54, 1.807) is 18.7 Å². The van der Waals surface area contributed by atoms with Crippen molar-refractivity contribution in [2.24, 2.45) is 0 Å². The Labute approximate surface area is 133 Å². The molecule has 116 valence electrons. The minimum Gasteiger partial charge on any atom is -0.494 e. The van der Waals surface area contributed by atoms with Gasteiger partial charge < -0.3 is 9.84 Å². The highest BCUT2D eigenvalue weighted by Gasteiger charge is 2.24. The summed E-state index contributed by atoms with van der Waals surface area (Å²) in [7, 11) is 1.58. The number of para-hydroxylation sites is 2. The second-order valence-electron chi connectivity index (χ2n) is 5.06. The maximum absolute atomic E-state index is 11.7. The van der Waals surface area contributed by atoms with E-state index in [0.717, 1.165) is 5.56 Å². The van der Waals surface area contributed by atoms with Crippen molar-refractivity contribution in [3.8, 4) is 22.7 Å². The van der Waals surface area contributed by atoms with Gasteiger partial charge >= 0.3 is 5.97 Å². The minimum atomic E-state index is -0.998. The van der Waals surface area contributed by atoms with Gasteiger partial charge in [0, 0.05) is 5.56 Å². The Morgan fingerprint density at radius 3 is 2.39 bits per heavy atom. The van der Waals surface area contributed by atoms with E-state index in [1.807, 2.05) is 54.6 Å². The minimum absolute atomic E-state index is 0.196. The predicted octanol–water partition coefficient (Wildman–Crippen LogP) is 3.55. The fourth-order valence-electron chi connectivity index (χ4n) is 2.63. The molecule has 0 radical (unpaired) electrons. The molecule has 3 aromatic rings. The molecule has 0 saturated carbocycles. The van der Waals surface area contributed by atoms with Crippen molar-refractivity contribution < 1.29 is 14.6 Å². The van der Waals surface area contributed by atoms with E-state index in [9.17, 15) is 9.90 Å². The van der Waals surface area contributed by atoms with Crippen LogP contribution in [0.25, 0.3) is 16.9 Å². The lowest BCUT2D eigenvalue weighted by Gasteiger charge is -2.12. The first kappa shape index (κ1) is 14.8. The number of ether oxygens (including phenoxy) is 1. The number of hydrogen-bond acceptors (Lipinski definition) is 3. The van der Waals surface area contributed by atoms with Crippen LogP contribution in [0, 0.1) is 6.92 Å². The van der Waals surface area contributed by atoms with Crippen molar-refractivity contribution in [2.75, 3.05) is 7.11 Å². The maximum atomic E-state index is 11.7. The molecule has 0 saturated heterocycles. The van der Waals surface area contributed by atoms with E-state index in [0.29, 0.717) is 22.8 Å². The molecule has 3 rings (SSSR count). The van der Waals surface area contributed by atoms with Gasteiger partial charge in [0.1, 0.15) is 17.0 Å². The van der Waals surface area contributed by atoms with Crippen LogP contribution in [-0.4, -0.2) is 28.0 Å². The van der Waals surface area contributed by atoms with Crippen molar-refractivity contribution >= 4 is 5.97 Å². The zero-order valence-electron chi connectivity index (χ0n) is 12.9. The van der Waals surface area contributed by atoms with Gasteiger partial charge in [-0.05, 0) is 19.1 Å². The second-order valence-corrected chi connectivity index (χ2v) is 5.06. The van der Waals surface area contributed by atoms with E-state index >= 15 is 0 Å². The molecule has 5 heteroatoms. The number of aromatic carboxylic acids is 1. The van der Waals surface area contributed by atoms with Gasteiger partial charge in [0.2, 0.25) is 0 Å². The molecule has 0 aliphatic rings. The quantitative estimate of drug-likeness (QED) is 0.800. The van der Waals surface area contributed by atoms with Crippen molar-refractivity contribution in [1.29, 1.82) is 0 Å². The zero-order valence-corrected chi connectivity index (χ0v) is 12.9. The van der Waals surface area contributed by atoms with E-state index in [1.165, 1.54) is 0 Å². The number of carboxylic acids is 1. The van der Waals surface area contributed by atoms with E-state index < -0.39 is 5.97 Å². The fraction of sp³-hybridized carbons (Fsp3) is 0.111. The van der Waals surface area contributed by atoms with Crippen molar-refractivity contribution in [3.63, 3.8) is 0 Å².